The van der Waals surface area contributed by atoms with Crippen molar-refractivity contribution in [1.82, 2.24) is 14.1 Å². The average Bonchev–Trinajstić information content (AvgIpc) is 3.51. The van der Waals surface area contributed by atoms with Gasteiger partial charge >= 0.3 is 5.97 Å². The Morgan fingerprint density at radius 1 is 1.10 bits per heavy atom. The summed E-state index contributed by atoms with van der Waals surface area (Å²) in [5.74, 6) is 0.769. The highest BCUT2D eigenvalue weighted by Crippen LogP contribution is 2.37. The maximum absolute atomic E-state index is 14.5. The van der Waals surface area contributed by atoms with E-state index >= 15 is 0 Å². The molecule has 0 saturated carbocycles. The summed E-state index contributed by atoms with van der Waals surface area (Å²) < 4.78 is 14.0. The number of benzene rings is 1. The molecule has 1 atom stereocenters. The van der Waals surface area contributed by atoms with Gasteiger partial charge in [-0.1, -0.05) is 12.2 Å². The van der Waals surface area contributed by atoms with Crippen LogP contribution < -0.4 is 21.1 Å². The lowest BCUT2D eigenvalue weighted by Gasteiger charge is -2.16. The second-order valence-corrected chi connectivity index (χ2v) is 11.2. The van der Waals surface area contributed by atoms with Crippen molar-refractivity contribution in [2.45, 2.75) is 45.1 Å². The lowest BCUT2D eigenvalue weighted by Crippen LogP contribution is -2.37. The van der Waals surface area contributed by atoms with Crippen molar-refractivity contribution >= 4 is 28.3 Å². The van der Waals surface area contributed by atoms with E-state index in [2.05, 4.69) is 6.08 Å². The molecular formula is C30H27N5O4S. The Balaban J connectivity index is 1.58. The summed E-state index contributed by atoms with van der Waals surface area (Å²) in [4.78, 5) is 43.7. The third kappa shape index (κ3) is 3.62. The first-order valence-electron chi connectivity index (χ1n) is 13.3. The molecule has 0 saturated heterocycles. The quantitative estimate of drug-likeness (QED) is 0.359. The van der Waals surface area contributed by atoms with Gasteiger partial charge in [0.05, 0.1) is 31.5 Å². The van der Waals surface area contributed by atoms with Crippen LogP contribution in [0.2, 0.25) is 0 Å². The first-order chi connectivity index (χ1) is 19.5. The van der Waals surface area contributed by atoms with Gasteiger partial charge in [0.1, 0.15) is 27.3 Å². The zero-order chi connectivity index (χ0) is 27.5. The molecule has 9 nitrogen and oxygen atoms in total. The van der Waals surface area contributed by atoms with Crippen molar-refractivity contribution in [2.75, 3.05) is 14.2 Å². The van der Waals surface area contributed by atoms with Crippen molar-refractivity contribution in [3.8, 4) is 16.4 Å². The second kappa shape index (κ2) is 9.41. The van der Waals surface area contributed by atoms with E-state index in [1.54, 1.807) is 18.6 Å². The van der Waals surface area contributed by atoms with Crippen molar-refractivity contribution in [3.63, 3.8) is 0 Å². The number of carbonyl (C=O) groups is 1. The van der Waals surface area contributed by atoms with E-state index in [1.807, 2.05) is 41.0 Å². The zero-order valence-corrected chi connectivity index (χ0v) is 23.2. The standard InChI is InChI=1S/C30H27N5O4S/c1-16-31-26-24(28(36)34(16)29-23(30(37)39-3)19-8-4-7-11-22(19)40-29)25-27(33-21-10-6-5-9-20(21)32-25)35(26)17-12-14-18(38-2)15-13-17/h5-6,10,12-15,20H,4,7-9,11H2,1-3H3/t20-/m0/s1. The summed E-state index contributed by atoms with van der Waals surface area (Å²) in [6.07, 6.45) is 10.5. The van der Waals surface area contributed by atoms with E-state index in [4.69, 9.17) is 24.4 Å². The van der Waals surface area contributed by atoms with Crippen molar-refractivity contribution in [1.29, 1.82) is 0 Å². The Morgan fingerprint density at radius 2 is 1.90 bits per heavy atom. The van der Waals surface area contributed by atoms with Gasteiger partial charge in [0.2, 0.25) is 0 Å². The number of allylic oxidation sites excluding steroid dienone is 2. The normalized spacial score (nSPS) is 17.3. The van der Waals surface area contributed by atoms with Crippen LogP contribution in [0.3, 0.4) is 0 Å². The van der Waals surface area contributed by atoms with Gasteiger partial charge in [-0.15, -0.1) is 11.3 Å². The summed E-state index contributed by atoms with van der Waals surface area (Å²) in [7, 11) is 3.00. The minimum atomic E-state index is -0.429. The third-order valence-corrected chi connectivity index (χ3v) is 9.08. The minimum absolute atomic E-state index is 0.166. The fraction of sp³-hybridized carbons (Fsp3) is 0.300. The van der Waals surface area contributed by atoms with Gasteiger partial charge in [0.15, 0.2) is 11.1 Å². The molecule has 3 aliphatic rings. The van der Waals surface area contributed by atoms with Gasteiger partial charge in [0.25, 0.3) is 5.56 Å². The highest BCUT2D eigenvalue weighted by molar-refractivity contribution is 7.15. The maximum Gasteiger partial charge on any atom is 0.341 e. The highest BCUT2D eigenvalue weighted by Gasteiger charge is 2.31. The Kier molecular flexibility index (Phi) is 5.81. The lowest BCUT2D eigenvalue weighted by atomic mass is 9.95. The first-order valence-corrected chi connectivity index (χ1v) is 14.2. The summed E-state index contributed by atoms with van der Waals surface area (Å²) >= 11 is 1.49. The molecule has 40 heavy (non-hydrogen) atoms. The number of hydrogen-bond donors (Lipinski definition) is 0. The number of aryl methyl sites for hydroxylation is 2. The number of methoxy groups -OCH3 is 2. The smallest absolute Gasteiger partial charge is 0.341 e. The molecule has 0 radical (unpaired) electrons. The Hall–Kier alpha value is -4.31. The molecule has 3 aromatic heterocycles. The molecule has 0 fully saturated rings. The fourth-order valence-corrected chi connectivity index (χ4v) is 7.30. The lowest BCUT2D eigenvalue weighted by molar-refractivity contribution is 0.0600. The van der Waals surface area contributed by atoms with Crippen molar-refractivity contribution < 1.29 is 14.3 Å². The molecule has 0 bridgehead atoms. The van der Waals surface area contributed by atoms with Gasteiger partial charge in [0, 0.05) is 10.6 Å². The third-order valence-electron chi connectivity index (χ3n) is 7.80. The molecule has 202 valence electrons. The number of rotatable bonds is 4. The van der Waals surface area contributed by atoms with Crippen LogP contribution in [0.5, 0.6) is 5.75 Å². The molecule has 0 amide bonds. The summed E-state index contributed by atoms with van der Waals surface area (Å²) in [5, 5.41) is 1.47. The number of thiophene rings is 1. The van der Waals surface area contributed by atoms with Crippen LogP contribution in [0.25, 0.3) is 21.7 Å². The molecule has 0 unspecified atom stereocenters. The van der Waals surface area contributed by atoms with E-state index in [9.17, 15) is 9.59 Å². The topological polar surface area (TPSA) is 100 Å². The zero-order valence-electron chi connectivity index (χ0n) is 22.4. The van der Waals surface area contributed by atoms with Crippen molar-refractivity contribution in [2.24, 2.45) is 9.98 Å². The number of ether oxygens (including phenoxy) is 2. The number of aromatic nitrogens is 3. The number of fused-ring (bicyclic) bond motifs is 5. The van der Waals surface area contributed by atoms with E-state index in [0.717, 1.165) is 53.3 Å². The van der Waals surface area contributed by atoms with E-state index in [-0.39, 0.29) is 11.6 Å². The average molecular weight is 554 g/mol. The highest BCUT2D eigenvalue weighted by atomic mass is 32.1. The van der Waals surface area contributed by atoms with Gasteiger partial charge in [-0.05, 0) is 74.9 Å². The fourth-order valence-electron chi connectivity index (χ4n) is 5.88. The monoisotopic (exact) mass is 553 g/mol. The summed E-state index contributed by atoms with van der Waals surface area (Å²) in [6.45, 7) is 1.80. The molecule has 4 aromatic rings. The summed E-state index contributed by atoms with van der Waals surface area (Å²) in [6, 6.07) is 7.40. The van der Waals surface area contributed by atoms with Crippen molar-refractivity contribution in [3.05, 3.63) is 91.2 Å². The molecule has 4 heterocycles. The number of nitrogens with zero attached hydrogens (tertiary/aromatic N) is 5. The van der Waals surface area contributed by atoms with Crippen LogP contribution >= 0.6 is 11.3 Å². The first kappa shape index (κ1) is 24.7. The van der Waals surface area contributed by atoms with Gasteiger partial charge < -0.3 is 9.47 Å². The van der Waals surface area contributed by atoms with Gasteiger partial charge in [-0.25, -0.2) is 14.8 Å². The van der Waals surface area contributed by atoms with Crippen LogP contribution in [0.1, 0.15) is 45.9 Å². The predicted octanol–water partition coefficient (Wildman–Crippen LogP) is 3.69. The van der Waals surface area contributed by atoms with E-state index in [0.29, 0.717) is 44.7 Å². The molecule has 0 spiro atoms. The molecule has 1 aromatic carbocycles. The van der Waals surface area contributed by atoms with E-state index in [1.165, 1.54) is 18.4 Å². The molecule has 7 rings (SSSR count). The molecule has 10 heteroatoms. The Bertz CT molecular complexity index is 1960. The Labute approximate surface area is 233 Å². The Morgan fingerprint density at radius 3 is 2.67 bits per heavy atom. The van der Waals surface area contributed by atoms with Crippen LogP contribution in [0, 0.1) is 6.92 Å². The van der Waals surface area contributed by atoms with Crippen LogP contribution in [0.4, 0.5) is 0 Å². The number of hydrogen-bond acceptors (Lipinski definition) is 8. The molecule has 2 aliphatic carbocycles. The number of esters is 1. The summed E-state index contributed by atoms with van der Waals surface area (Å²) in [5.41, 5.74) is 3.89. The maximum atomic E-state index is 14.5. The molecule has 1 aliphatic heterocycles. The number of carbonyl (C=O) groups excluding carboxylic acids is 1. The van der Waals surface area contributed by atoms with Gasteiger partial charge in [-0.3, -0.25) is 18.9 Å². The SMILES string of the molecule is COC(=O)c1c(-n2c(C)nc3c(c4c(n3-c3ccc(OC)cc3)=NC3=CC=CC[C@@H]3N=4)c2=O)sc2c1CCCC2. The molecule has 0 N–H and O–H groups in total. The second-order valence-electron chi connectivity index (χ2n) is 10.1. The van der Waals surface area contributed by atoms with Crippen LogP contribution in [0.15, 0.2) is 63.0 Å². The van der Waals surface area contributed by atoms with Gasteiger partial charge in [-0.2, -0.15) is 0 Å². The molecular weight excluding hydrogens is 526 g/mol. The van der Waals surface area contributed by atoms with Crippen LogP contribution in [-0.4, -0.2) is 40.3 Å². The minimum Gasteiger partial charge on any atom is -0.497 e. The predicted molar refractivity (Wildman–Crippen MR) is 152 cm³/mol. The largest absolute Gasteiger partial charge is 0.497 e. The van der Waals surface area contributed by atoms with Crippen LogP contribution in [-0.2, 0) is 17.6 Å². The van der Waals surface area contributed by atoms with E-state index < -0.39 is 5.97 Å².